The number of sulfonamides is 1. The van der Waals surface area contributed by atoms with Crippen molar-refractivity contribution < 1.29 is 22.6 Å². The minimum absolute atomic E-state index is 0.0602. The smallest absolute Gasteiger partial charge is 0.252 e. The lowest BCUT2D eigenvalue weighted by molar-refractivity contribution is 0.0925. The van der Waals surface area contributed by atoms with Crippen LogP contribution in [0.5, 0.6) is 11.5 Å². The zero-order chi connectivity index (χ0) is 23.9. The van der Waals surface area contributed by atoms with Crippen LogP contribution < -0.4 is 15.0 Å². The summed E-state index contributed by atoms with van der Waals surface area (Å²) in [5.41, 5.74) is 2.84. The van der Waals surface area contributed by atoms with E-state index in [1.807, 2.05) is 26.0 Å². The molecule has 1 N–H and O–H groups in total. The van der Waals surface area contributed by atoms with Gasteiger partial charge in [0.05, 0.1) is 16.5 Å². The molecule has 0 unspecified atom stereocenters. The van der Waals surface area contributed by atoms with Gasteiger partial charge in [-0.05, 0) is 56.0 Å². The van der Waals surface area contributed by atoms with E-state index in [9.17, 15) is 13.2 Å². The van der Waals surface area contributed by atoms with Crippen LogP contribution in [0.15, 0.2) is 46.1 Å². The molecule has 3 aromatic rings. The summed E-state index contributed by atoms with van der Waals surface area (Å²) in [6.45, 7) is 5.41. The van der Waals surface area contributed by atoms with Crippen LogP contribution in [0.3, 0.4) is 0 Å². The number of fused-ring (bicyclic) bond motifs is 2. The van der Waals surface area contributed by atoms with E-state index >= 15 is 0 Å². The molecule has 2 aliphatic rings. The molecule has 1 atom stereocenters. The maximum atomic E-state index is 13.8. The molecule has 8 nitrogen and oxygen atoms in total. The molecule has 0 spiro atoms. The predicted octanol–water partition coefficient (Wildman–Crippen LogP) is 3.29. The summed E-state index contributed by atoms with van der Waals surface area (Å²) in [4.78, 5) is 16.0. The Bertz CT molecular complexity index is 1390. The highest BCUT2D eigenvalue weighted by molar-refractivity contribution is 7.89. The Morgan fingerprint density at radius 2 is 1.76 bits per heavy atom. The van der Waals surface area contributed by atoms with Crippen molar-refractivity contribution >= 4 is 20.9 Å². The summed E-state index contributed by atoms with van der Waals surface area (Å²) in [6.07, 6.45) is 1.45. The second-order valence-electron chi connectivity index (χ2n) is 8.85. The van der Waals surface area contributed by atoms with Gasteiger partial charge in [-0.25, -0.2) is 8.42 Å². The minimum Gasteiger partial charge on any atom is -0.486 e. The number of rotatable bonds is 6. The van der Waals surface area contributed by atoms with E-state index in [0.29, 0.717) is 36.9 Å². The molecule has 0 radical (unpaired) electrons. The molecule has 180 valence electrons. The molecule has 0 bridgehead atoms. The fourth-order valence-corrected chi connectivity index (χ4v) is 5.99. The number of ether oxygens (including phenoxy) is 3. The molecule has 2 aliphatic heterocycles. The van der Waals surface area contributed by atoms with Crippen LogP contribution in [0.4, 0.5) is 0 Å². The number of hydrogen-bond acceptors (Lipinski definition) is 6. The van der Waals surface area contributed by atoms with Crippen molar-refractivity contribution in [1.82, 2.24) is 9.29 Å². The number of aryl methyl sites for hydroxylation is 2. The normalized spacial score (nSPS) is 18.0. The number of nitrogens with one attached hydrogen (secondary N) is 1. The molecule has 34 heavy (non-hydrogen) atoms. The van der Waals surface area contributed by atoms with Crippen molar-refractivity contribution in [3.8, 4) is 11.5 Å². The van der Waals surface area contributed by atoms with Gasteiger partial charge in [-0.15, -0.1) is 0 Å². The van der Waals surface area contributed by atoms with Gasteiger partial charge in [0.15, 0.2) is 11.5 Å². The lowest BCUT2D eigenvalue weighted by Crippen LogP contribution is -2.38. The number of aromatic nitrogens is 1. The molecule has 0 amide bonds. The highest BCUT2D eigenvalue weighted by Crippen LogP contribution is 2.34. The van der Waals surface area contributed by atoms with E-state index in [1.54, 1.807) is 12.1 Å². The fourth-order valence-electron chi connectivity index (χ4n) is 4.52. The van der Waals surface area contributed by atoms with Gasteiger partial charge in [0.25, 0.3) is 5.56 Å². The van der Waals surface area contributed by atoms with Crippen molar-refractivity contribution in [3.05, 3.63) is 63.4 Å². The number of pyridine rings is 1. The van der Waals surface area contributed by atoms with E-state index in [4.69, 9.17) is 14.2 Å². The molecule has 2 aromatic carbocycles. The van der Waals surface area contributed by atoms with Gasteiger partial charge in [-0.3, -0.25) is 4.79 Å². The zero-order valence-corrected chi connectivity index (χ0v) is 20.1. The quantitative estimate of drug-likeness (QED) is 0.577. The van der Waals surface area contributed by atoms with Crippen molar-refractivity contribution in [1.29, 1.82) is 0 Å². The molecule has 9 heteroatoms. The van der Waals surface area contributed by atoms with Gasteiger partial charge in [0.2, 0.25) is 10.0 Å². The first kappa shape index (κ1) is 22.9. The SMILES string of the molecule is Cc1ccc(C)c2[nH]c(=O)c(CN(C[C@@H]3CCCO3)S(=O)(=O)c3ccc4c(c3)OCCO4)cc12. The van der Waals surface area contributed by atoms with Gasteiger partial charge < -0.3 is 19.2 Å². The van der Waals surface area contributed by atoms with Crippen molar-refractivity contribution in [3.63, 3.8) is 0 Å². The van der Waals surface area contributed by atoms with Gasteiger partial charge in [0.1, 0.15) is 13.2 Å². The molecule has 0 saturated carbocycles. The Balaban J connectivity index is 1.54. The second-order valence-corrected chi connectivity index (χ2v) is 10.8. The van der Waals surface area contributed by atoms with E-state index in [0.717, 1.165) is 34.9 Å². The first-order chi connectivity index (χ1) is 16.3. The topological polar surface area (TPSA) is 97.9 Å². The van der Waals surface area contributed by atoms with Crippen molar-refractivity contribution in [2.45, 2.75) is 44.2 Å². The van der Waals surface area contributed by atoms with Crippen LogP contribution in [0, 0.1) is 13.8 Å². The Morgan fingerprint density at radius 3 is 2.53 bits per heavy atom. The summed E-state index contributed by atoms with van der Waals surface area (Å²) in [5, 5.41) is 0.906. The molecular formula is C25H28N2O6S. The highest BCUT2D eigenvalue weighted by atomic mass is 32.2. The predicted molar refractivity (Wildman–Crippen MR) is 128 cm³/mol. The van der Waals surface area contributed by atoms with Crippen molar-refractivity contribution in [2.24, 2.45) is 0 Å². The molecule has 1 fully saturated rings. The lowest BCUT2D eigenvalue weighted by atomic mass is 10.0. The standard InChI is InChI=1S/C25H28N2O6S/c1-16-5-6-17(2)24-21(16)12-18(25(28)26-24)14-27(15-19-4-3-9-31-19)34(29,30)20-7-8-22-23(13-20)33-11-10-32-22/h5-8,12-13,19H,3-4,9-11,14-15H2,1-2H3,(H,26,28)/t19-/m0/s1. The Morgan fingerprint density at radius 1 is 1.00 bits per heavy atom. The van der Waals surface area contributed by atoms with Gasteiger partial charge >= 0.3 is 0 Å². The fraction of sp³-hybridized carbons (Fsp3) is 0.400. The second kappa shape index (κ2) is 9.05. The average Bonchev–Trinajstić information content (AvgIpc) is 3.35. The summed E-state index contributed by atoms with van der Waals surface area (Å²) in [7, 11) is -3.94. The van der Waals surface area contributed by atoms with Gasteiger partial charge in [0, 0.05) is 36.7 Å². The Hall–Kier alpha value is -2.88. The Labute approximate surface area is 198 Å². The van der Waals surface area contributed by atoms with Gasteiger partial charge in [-0.2, -0.15) is 4.31 Å². The molecule has 1 saturated heterocycles. The number of aromatic amines is 1. The monoisotopic (exact) mass is 484 g/mol. The number of nitrogens with zero attached hydrogens (tertiary/aromatic N) is 1. The lowest BCUT2D eigenvalue weighted by Gasteiger charge is -2.26. The average molecular weight is 485 g/mol. The third kappa shape index (κ3) is 4.31. The minimum atomic E-state index is -3.94. The molecule has 1 aromatic heterocycles. The largest absolute Gasteiger partial charge is 0.486 e. The third-order valence-electron chi connectivity index (χ3n) is 6.45. The van der Waals surface area contributed by atoms with Crippen molar-refractivity contribution in [2.75, 3.05) is 26.4 Å². The van der Waals surface area contributed by atoms with Crippen LogP contribution in [0.2, 0.25) is 0 Å². The summed E-state index contributed by atoms with van der Waals surface area (Å²) in [5.74, 6) is 0.923. The van der Waals surface area contributed by atoms with E-state index in [2.05, 4.69) is 4.98 Å². The van der Waals surface area contributed by atoms with Gasteiger partial charge in [-0.1, -0.05) is 12.1 Å². The maximum Gasteiger partial charge on any atom is 0.252 e. The van der Waals surface area contributed by atoms with Crippen LogP contribution in [0.1, 0.15) is 29.5 Å². The van der Waals surface area contributed by atoms with Crippen LogP contribution in [0.25, 0.3) is 10.9 Å². The number of hydrogen-bond donors (Lipinski definition) is 1. The van der Waals surface area contributed by atoms with E-state index in [-0.39, 0.29) is 29.6 Å². The maximum absolute atomic E-state index is 13.8. The van der Waals surface area contributed by atoms with E-state index < -0.39 is 10.0 Å². The molecule has 0 aliphatic carbocycles. The van der Waals surface area contributed by atoms with Crippen LogP contribution in [-0.4, -0.2) is 50.2 Å². The summed E-state index contributed by atoms with van der Waals surface area (Å²) in [6, 6.07) is 10.4. The van der Waals surface area contributed by atoms with Crippen LogP contribution in [-0.2, 0) is 21.3 Å². The first-order valence-corrected chi connectivity index (χ1v) is 12.9. The first-order valence-electron chi connectivity index (χ1n) is 11.5. The molecule has 3 heterocycles. The Kier molecular flexibility index (Phi) is 6.09. The molecule has 5 rings (SSSR count). The number of H-pyrrole nitrogens is 1. The highest BCUT2D eigenvalue weighted by Gasteiger charge is 2.31. The summed E-state index contributed by atoms with van der Waals surface area (Å²) >= 11 is 0. The third-order valence-corrected chi connectivity index (χ3v) is 8.26. The van der Waals surface area contributed by atoms with Crippen LogP contribution >= 0.6 is 0 Å². The summed E-state index contributed by atoms with van der Waals surface area (Å²) < 4.78 is 45.7. The number of benzene rings is 2. The molecular weight excluding hydrogens is 456 g/mol. The zero-order valence-electron chi connectivity index (χ0n) is 19.3. The van der Waals surface area contributed by atoms with E-state index in [1.165, 1.54) is 16.4 Å².